The minimum atomic E-state index is -0.801. The molecule has 0 unspecified atom stereocenters. The highest BCUT2D eigenvalue weighted by Crippen LogP contribution is 2.27. The number of rotatable bonds is 6. The number of benzene rings is 1. The Morgan fingerprint density at radius 1 is 1.40 bits per heavy atom. The van der Waals surface area contributed by atoms with Crippen molar-refractivity contribution in [3.63, 3.8) is 0 Å². The molecule has 1 aromatic rings. The van der Waals surface area contributed by atoms with Crippen molar-refractivity contribution in [2.75, 3.05) is 33.4 Å². The van der Waals surface area contributed by atoms with Crippen LogP contribution in [0, 0.1) is 0 Å². The molecule has 1 amide bonds. The van der Waals surface area contributed by atoms with Gasteiger partial charge in [-0.15, -0.1) is 0 Å². The Kier molecular flexibility index (Phi) is 6.29. The van der Waals surface area contributed by atoms with Crippen molar-refractivity contribution in [3.05, 3.63) is 29.8 Å². The fourth-order valence-electron chi connectivity index (χ4n) is 3.88. The van der Waals surface area contributed by atoms with E-state index < -0.39 is 6.10 Å². The van der Waals surface area contributed by atoms with E-state index >= 15 is 0 Å². The molecule has 2 atom stereocenters. The van der Waals surface area contributed by atoms with Crippen LogP contribution in [0.15, 0.2) is 24.3 Å². The molecule has 2 aliphatic rings. The number of ether oxygens (including phenoxy) is 2. The van der Waals surface area contributed by atoms with Crippen molar-refractivity contribution in [1.82, 2.24) is 10.2 Å². The van der Waals surface area contributed by atoms with Crippen LogP contribution in [-0.4, -0.2) is 61.4 Å². The smallest absolute Gasteiger partial charge is 0.239 e. The molecule has 1 saturated carbocycles. The van der Waals surface area contributed by atoms with Gasteiger partial charge in [0.25, 0.3) is 0 Å². The van der Waals surface area contributed by atoms with Gasteiger partial charge in [-0.25, -0.2) is 0 Å². The monoisotopic (exact) mass is 348 g/mol. The maximum absolute atomic E-state index is 12.7. The molecule has 0 aromatic heterocycles. The van der Waals surface area contributed by atoms with Gasteiger partial charge in [0.1, 0.15) is 11.8 Å². The summed E-state index contributed by atoms with van der Waals surface area (Å²) in [6, 6.07) is 7.54. The van der Waals surface area contributed by atoms with Gasteiger partial charge in [0, 0.05) is 24.7 Å². The standard InChI is InChI=1S/C19H28N2O4/c1-24-18-9-5-4-8-15(18)17(22)12-20-19(23)16-13-25-11-10-21(16)14-6-2-3-7-14/h4-5,8-9,14,16-17,22H,2-3,6-7,10-13H2,1H3,(H,20,23)/t16-,17-/m1/s1. The second-order valence-corrected chi connectivity index (χ2v) is 6.77. The molecule has 1 aromatic carbocycles. The molecule has 1 saturated heterocycles. The van der Waals surface area contributed by atoms with E-state index in [1.165, 1.54) is 12.8 Å². The third-order valence-electron chi connectivity index (χ3n) is 5.23. The SMILES string of the molecule is COc1ccccc1[C@H](O)CNC(=O)[C@H]1COCCN1C1CCCC1. The third kappa shape index (κ3) is 4.32. The molecule has 6 nitrogen and oxygen atoms in total. The summed E-state index contributed by atoms with van der Waals surface area (Å²) in [5, 5.41) is 13.3. The molecule has 2 fully saturated rings. The first-order valence-electron chi connectivity index (χ1n) is 9.13. The molecular formula is C19H28N2O4. The van der Waals surface area contributed by atoms with E-state index in [0.717, 1.165) is 19.4 Å². The van der Waals surface area contributed by atoms with Gasteiger partial charge < -0.3 is 19.9 Å². The van der Waals surface area contributed by atoms with Gasteiger partial charge in [-0.2, -0.15) is 0 Å². The van der Waals surface area contributed by atoms with Crippen molar-refractivity contribution < 1.29 is 19.4 Å². The van der Waals surface area contributed by atoms with Gasteiger partial charge in [0.2, 0.25) is 5.91 Å². The summed E-state index contributed by atoms with van der Waals surface area (Å²) in [7, 11) is 1.57. The average molecular weight is 348 g/mol. The fourth-order valence-corrected chi connectivity index (χ4v) is 3.88. The highest BCUT2D eigenvalue weighted by molar-refractivity contribution is 5.82. The van der Waals surface area contributed by atoms with Gasteiger partial charge in [0.05, 0.1) is 26.4 Å². The highest BCUT2D eigenvalue weighted by Gasteiger charge is 2.35. The second-order valence-electron chi connectivity index (χ2n) is 6.77. The van der Waals surface area contributed by atoms with Crippen molar-refractivity contribution in [2.45, 2.75) is 43.9 Å². The minimum absolute atomic E-state index is 0.0689. The van der Waals surface area contributed by atoms with Crippen LogP contribution in [0.4, 0.5) is 0 Å². The number of hydrogen-bond acceptors (Lipinski definition) is 5. The number of hydrogen-bond donors (Lipinski definition) is 2. The van der Waals surface area contributed by atoms with E-state index in [4.69, 9.17) is 9.47 Å². The van der Waals surface area contributed by atoms with Crippen LogP contribution < -0.4 is 10.1 Å². The van der Waals surface area contributed by atoms with Crippen LogP contribution in [0.25, 0.3) is 0 Å². The van der Waals surface area contributed by atoms with Crippen molar-refractivity contribution in [1.29, 1.82) is 0 Å². The zero-order valence-electron chi connectivity index (χ0n) is 14.8. The zero-order valence-corrected chi connectivity index (χ0v) is 14.8. The summed E-state index contributed by atoms with van der Waals surface area (Å²) < 4.78 is 10.8. The lowest BCUT2D eigenvalue weighted by Crippen LogP contribution is -2.57. The summed E-state index contributed by atoms with van der Waals surface area (Å²) in [5.41, 5.74) is 0.679. The Hall–Kier alpha value is -1.63. The van der Waals surface area contributed by atoms with Crippen molar-refractivity contribution in [3.8, 4) is 5.75 Å². The van der Waals surface area contributed by atoms with Gasteiger partial charge in [-0.05, 0) is 18.9 Å². The van der Waals surface area contributed by atoms with Crippen LogP contribution in [0.2, 0.25) is 0 Å². The lowest BCUT2D eigenvalue weighted by molar-refractivity contribution is -0.135. The van der Waals surface area contributed by atoms with E-state index in [9.17, 15) is 9.90 Å². The molecule has 2 N–H and O–H groups in total. The number of aliphatic hydroxyl groups excluding tert-OH is 1. The largest absolute Gasteiger partial charge is 0.496 e. The summed E-state index contributed by atoms with van der Waals surface area (Å²) in [4.78, 5) is 15.0. The molecule has 1 heterocycles. The summed E-state index contributed by atoms with van der Waals surface area (Å²) in [6.45, 7) is 2.07. The maximum Gasteiger partial charge on any atom is 0.239 e. The van der Waals surface area contributed by atoms with E-state index in [0.29, 0.717) is 30.6 Å². The van der Waals surface area contributed by atoms with E-state index in [-0.39, 0.29) is 18.5 Å². The third-order valence-corrected chi connectivity index (χ3v) is 5.23. The van der Waals surface area contributed by atoms with E-state index in [1.807, 2.05) is 18.2 Å². The average Bonchev–Trinajstić information content (AvgIpc) is 3.20. The first kappa shape index (κ1) is 18.2. The van der Waals surface area contributed by atoms with Crippen LogP contribution in [0.5, 0.6) is 5.75 Å². The summed E-state index contributed by atoms with van der Waals surface area (Å²) in [5.74, 6) is 0.554. The topological polar surface area (TPSA) is 71.0 Å². The Morgan fingerprint density at radius 3 is 2.92 bits per heavy atom. The van der Waals surface area contributed by atoms with Crippen LogP contribution in [0.3, 0.4) is 0 Å². The number of aliphatic hydroxyl groups is 1. The molecule has 0 radical (unpaired) electrons. The molecule has 138 valence electrons. The van der Waals surface area contributed by atoms with Gasteiger partial charge in [-0.3, -0.25) is 9.69 Å². The van der Waals surface area contributed by atoms with E-state index in [2.05, 4.69) is 10.2 Å². The minimum Gasteiger partial charge on any atom is -0.496 e. The number of carbonyl (C=O) groups is 1. The molecule has 1 aliphatic carbocycles. The molecule has 1 aliphatic heterocycles. The number of nitrogens with zero attached hydrogens (tertiary/aromatic N) is 1. The number of nitrogens with one attached hydrogen (secondary N) is 1. The number of morpholine rings is 1. The van der Waals surface area contributed by atoms with Crippen LogP contribution in [-0.2, 0) is 9.53 Å². The lowest BCUT2D eigenvalue weighted by atomic mass is 10.1. The highest BCUT2D eigenvalue weighted by atomic mass is 16.5. The Morgan fingerprint density at radius 2 is 2.16 bits per heavy atom. The second kappa shape index (κ2) is 8.65. The number of carbonyl (C=O) groups excluding carboxylic acids is 1. The predicted octanol–water partition coefficient (Wildman–Crippen LogP) is 1.49. The lowest BCUT2D eigenvalue weighted by Gasteiger charge is -2.38. The molecular weight excluding hydrogens is 320 g/mol. The fraction of sp³-hybridized carbons (Fsp3) is 0.632. The summed E-state index contributed by atoms with van der Waals surface area (Å²) >= 11 is 0. The molecule has 3 rings (SSSR count). The van der Waals surface area contributed by atoms with Crippen molar-refractivity contribution >= 4 is 5.91 Å². The zero-order chi connectivity index (χ0) is 17.6. The quantitative estimate of drug-likeness (QED) is 0.815. The van der Waals surface area contributed by atoms with Crippen LogP contribution in [0.1, 0.15) is 37.4 Å². The first-order valence-corrected chi connectivity index (χ1v) is 9.13. The van der Waals surface area contributed by atoms with Gasteiger partial charge in [0.15, 0.2) is 0 Å². The van der Waals surface area contributed by atoms with Crippen LogP contribution >= 0.6 is 0 Å². The number of methoxy groups -OCH3 is 1. The number of para-hydroxylation sites is 1. The molecule has 25 heavy (non-hydrogen) atoms. The number of amides is 1. The van der Waals surface area contributed by atoms with E-state index in [1.54, 1.807) is 13.2 Å². The Balaban J connectivity index is 1.58. The van der Waals surface area contributed by atoms with Crippen molar-refractivity contribution in [2.24, 2.45) is 0 Å². The maximum atomic E-state index is 12.7. The van der Waals surface area contributed by atoms with Gasteiger partial charge >= 0.3 is 0 Å². The normalized spacial score (nSPS) is 23.4. The molecule has 6 heteroatoms. The Labute approximate surface area is 149 Å². The Bertz CT molecular complexity index is 574. The predicted molar refractivity (Wildman–Crippen MR) is 94.5 cm³/mol. The van der Waals surface area contributed by atoms with Gasteiger partial charge in [-0.1, -0.05) is 31.0 Å². The summed E-state index contributed by atoms with van der Waals surface area (Å²) in [6.07, 6.45) is 4.00. The first-order chi connectivity index (χ1) is 12.2. The molecule has 0 spiro atoms. The molecule has 0 bridgehead atoms.